The van der Waals surface area contributed by atoms with Gasteiger partial charge >= 0.3 is 11.9 Å². The van der Waals surface area contributed by atoms with E-state index in [0.717, 1.165) is 62.5 Å². The van der Waals surface area contributed by atoms with Crippen molar-refractivity contribution >= 4 is 11.9 Å². The molecule has 0 aliphatic rings. The summed E-state index contributed by atoms with van der Waals surface area (Å²) in [4.78, 5) is 25.0. The third-order valence-electron chi connectivity index (χ3n) is 10.4. The van der Waals surface area contributed by atoms with Crippen LogP contribution in [0.15, 0.2) is 6.07 Å². The van der Waals surface area contributed by atoms with E-state index >= 15 is 0 Å². The molecular weight excluding hydrogens is 592 g/mol. The molecule has 0 saturated carbocycles. The molecular formula is C44H78O4. The Balaban J connectivity index is 2.90. The van der Waals surface area contributed by atoms with Crippen molar-refractivity contribution in [3.63, 3.8) is 0 Å². The second-order valence-corrected chi connectivity index (χ2v) is 14.8. The van der Waals surface area contributed by atoms with Crippen LogP contribution in [0.3, 0.4) is 0 Å². The van der Waals surface area contributed by atoms with Gasteiger partial charge in [-0.1, -0.05) is 194 Å². The molecule has 1 rings (SSSR count). The van der Waals surface area contributed by atoms with Crippen LogP contribution in [0.5, 0.6) is 0 Å². The minimum atomic E-state index is -1.11. The van der Waals surface area contributed by atoms with Gasteiger partial charge in [0.25, 0.3) is 0 Å². The van der Waals surface area contributed by atoms with Crippen LogP contribution >= 0.6 is 0 Å². The van der Waals surface area contributed by atoms with E-state index in [9.17, 15) is 19.8 Å². The molecule has 1 aromatic carbocycles. The van der Waals surface area contributed by atoms with Gasteiger partial charge in [0.15, 0.2) is 0 Å². The van der Waals surface area contributed by atoms with Gasteiger partial charge in [-0.15, -0.1) is 0 Å². The summed E-state index contributed by atoms with van der Waals surface area (Å²) < 4.78 is 0. The fraction of sp³-hybridized carbons (Fsp3) is 0.818. The summed E-state index contributed by atoms with van der Waals surface area (Å²) in [6.07, 6.45) is 40.2. The summed E-state index contributed by atoms with van der Waals surface area (Å²) in [6.45, 7) is 6.78. The van der Waals surface area contributed by atoms with E-state index in [1.807, 2.05) is 0 Å². The van der Waals surface area contributed by atoms with Gasteiger partial charge in [0.1, 0.15) is 0 Å². The van der Waals surface area contributed by atoms with E-state index in [1.165, 1.54) is 160 Å². The zero-order valence-corrected chi connectivity index (χ0v) is 32.1. The second kappa shape index (κ2) is 31.2. The summed E-state index contributed by atoms with van der Waals surface area (Å²) in [5.74, 6) is -2.18. The summed E-state index contributed by atoms with van der Waals surface area (Å²) >= 11 is 0. The molecule has 48 heavy (non-hydrogen) atoms. The summed E-state index contributed by atoms with van der Waals surface area (Å²) in [7, 11) is 0. The Morgan fingerprint density at radius 2 is 0.688 bits per heavy atom. The van der Waals surface area contributed by atoms with Crippen LogP contribution in [-0.2, 0) is 19.3 Å². The molecule has 0 amide bonds. The van der Waals surface area contributed by atoms with Gasteiger partial charge in [-0.05, 0) is 61.3 Å². The van der Waals surface area contributed by atoms with Crippen molar-refractivity contribution < 1.29 is 19.8 Å². The van der Waals surface area contributed by atoms with Gasteiger partial charge in [-0.3, -0.25) is 0 Å². The zero-order valence-electron chi connectivity index (χ0n) is 32.1. The number of carboxylic acid groups (broad SMARTS) is 2. The fourth-order valence-corrected chi connectivity index (χ4v) is 7.45. The van der Waals surface area contributed by atoms with Crippen LogP contribution in [-0.4, -0.2) is 22.2 Å². The third-order valence-corrected chi connectivity index (χ3v) is 10.4. The van der Waals surface area contributed by atoms with E-state index < -0.39 is 11.9 Å². The highest BCUT2D eigenvalue weighted by Crippen LogP contribution is 2.30. The predicted octanol–water partition coefficient (Wildman–Crippen LogP) is 14.5. The van der Waals surface area contributed by atoms with Crippen LogP contribution in [0.25, 0.3) is 0 Å². The van der Waals surface area contributed by atoms with Crippen molar-refractivity contribution in [2.75, 3.05) is 0 Å². The van der Waals surface area contributed by atoms with Gasteiger partial charge in [-0.2, -0.15) is 0 Å². The van der Waals surface area contributed by atoms with Gasteiger partial charge in [0.05, 0.1) is 11.1 Å². The van der Waals surface area contributed by atoms with Crippen molar-refractivity contribution in [3.8, 4) is 0 Å². The summed E-state index contributed by atoms with van der Waals surface area (Å²) in [5.41, 5.74) is 3.17. The molecule has 0 spiro atoms. The molecule has 278 valence electrons. The second-order valence-electron chi connectivity index (χ2n) is 14.8. The number of aromatic carboxylic acids is 2. The average Bonchev–Trinajstić information content (AvgIpc) is 3.07. The first-order valence-corrected chi connectivity index (χ1v) is 21.1. The predicted molar refractivity (Wildman–Crippen MR) is 207 cm³/mol. The molecule has 0 fully saturated rings. The van der Waals surface area contributed by atoms with Crippen molar-refractivity contribution in [3.05, 3.63) is 33.9 Å². The smallest absolute Gasteiger partial charge is 0.336 e. The Bertz CT molecular complexity index is 936. The van der Waals surface area contributed by atoms with Gasteiger partial charge in [0, 0.05) is 0 Å². The van der Waals surface area contributed by atoms with Gasteiger partial charge in [-0.25, -0.2) is 9.59 Å². The Labute approximate surface area is 297 Å². The van der Waals surface area contributed by atoms with E-state index in [4.69, 9.17) is 0 Å². The van der Waals surface area contributed by atoms with E-state index in [-0.39, 0.29) is 11.1 Å². The van der Waals surface area contributed by atoms with Crippen molar-refractivity contribution in [2.24, 2.45) is 0 Å². The number of hydrogen-bond donors (Lipinski definition) is 2. The highest BCUT2D eigenvalue weighted by atomic mass is 16.4. The average molecular weight is 671 g/mol. The molecule has 0 bridgehead atoms. The standard InChI is InChI=1S/C44H78O4/c1-4-7-10-13-16-19-22-25-28-31-34-38-37-41(43(45)46)42(44(47)48)40(36-33-30-27-24-21-18-15-12-9-6-3)39(38)35-32-29-26-23-20-17-14-11-8-5-2/h37H,4-36H2,1-3H3,(H,45,46)(H,47,48). The molecule has 1 aromatic rings. The van der Waals surface area contributed by atoms with E-state index in [1.54, 1.807) is 6.07 Å². The summed E-state index contributed by atoms with van der Waals surface area (Å²) in [5, 5.41) is 20.5. The normalized spacial score (nSPS) is 11.4. The topological polar surface area (TPSA) is 74.6 Å². The molecule has 0 heterocycles. The Morgan fingerprint density at radius 3 is 1.00 bits per heavy atom. The van der Waals surface area contributed by atoms with Crippen molar-refractivity contribution in [2.45, 2.75) is 233 Å². The minimum absolute atomic E-state index is 0.00141. The number of aryl methyl sites for hydroxylation is 1. The molecule has 0 aliphatic carbocycles. The molecule has 4 heteroatoms. The Kier molecular flexibility index (Phi) is 28.7. The number of unbranched alkanes of at least 4 members (excludes halogenated alkanes) is 27. The lowest BCUT2D eigenvalue weighted by Crippen LogP contribution is -2.16. The SMILES string of the molecule is CCCCCCCCCCCCc1cc(C(=O)O)c(C(=O)O)c(CCCCCCCCCCCC)c1CCCCCCCCCCCC. The lowest BCUT2D eigenvalue weighted by atomic mass is 9.84. The van der Waals surface area contributed by atoms with Gasteiger partial charge < -0.3 is 10.2 Å². The monoisotopic (exact) mass is 671 g/mol. The number of carboxylic acids is 2. The van der Waals surface area contributed by atoms with Crippen LogP contribution < -0.4 is 0 Å². The largest absolute Gasteiger partial charge is 0.478 e. The molecule has 0 unspecified atom stereocenters. The number of rotatable bonds is 35. The molecule has 0 atom stereocenters. The van der Waals surface area contributed by atoms with Crippen LogP contribution in [0.1, 0.15) is 251 Å². The van der Waals surface area contributed by atoms with Crippen molar-refractivity contribution in [1.29, 1.82) is 0 Å². The maximum atomic E-state index is 12.6. The quantitative estimate of drug-likeness (QED) is 0.0705. The van der Waals surface area contributed by atoms with Crippen molar-refractivity contribution in [1.82, 2.24) is 0 Å². The molecule has 0 saturated heterocycles. The number of hydrogen-bond acceptors (Lipinski definition) is 2. The molecule has 2 N–H and O–H groups in total. The maximum Gasteiger partial charge on any atom is 0.336 e. The Morgan fingerprint density at radius 1 is 0.396 bits per heavy atom. The first-order valence-electron chi connectivity index (χ1n) is 21.1. The molecule has 0 aliphatic heterocycles. The van der Waals surface area contributed by atoms with Crippen LogP contribution in [0, 0.1) is 0 Å². The summed E-state index contributed by atoms with van der Waals surface area (Å²) in [6, 6.07) is 1.74. The highest BCUT2D eigenvalue weighted by molar-refractivity contribution is 6.03. The highest BCUT2D eigenvalue weighted by Gasteiger charge is 2.25. The first-order chi connectivity index (χ1) is 23.5. The number of benzene rings is 1. The van der Waals surface area contributed by atoms with Crippen LogP contribution in [0.4, 0.5) is 0 Å². The van der Waals surface area contributed by atoms with E-state index in [0.29, 0.717) is 6.42 Å². The van der Waals surface area contributed by atoms with Gasteiger partial charge in [0.2, 0.25) is 0 Å². The maximum absolute atomic E-state index is 12.6. The minimum Gasteiger partial charge on any atom is -0.478 e. The lowest BCUT2D eigenvalue weighted by molar-refractivity contribution is 0.0650. The fourth-order valence-electron chi connectivity index (χ4n) is 7.45. The molecule has 0 radical (unpaired) electrons. The zero-order chi connectivity index (χ0) is 35.1. The first kappa shape index (κ1) is 44.2. The Hall–Kier alpha value is -1.84. The lowest BCUT2D eigenvalue weighted by Gasteiger charge is -2.20. The van der Waals surface area contributed by atoms with Crippen LogP contribution in [0.2, 0.25) is 0 Å². The third kappa shape index (κ3) is 21.3. The molecule has 4 nitrogen and oxygen atoms in total. The number of carbonyl (C=O) groups is 2. The van der Waals surface area contributed by atoms with E-state index in [2.05, 4.69) is 20.8 Å². The molecule has 0 aromatic heterocycles.